The van der Waals surface area contributed by atoms with Crippen molar-refractivity contribution in [3.63, 3.8) is 0 Å². The molecule has 1 aliphatic heterocycles. The Morgan fingerprint density at radius 2 is 1.84 bits per heavy atom. The van der Waals surface area contributed by atoms with E-state index in [4.69, 9.17) is 4.98 Å². The second-order valence-corrected chi connectivity index (χ2v) is 11.9. The number of halogens is 4. The van der Waals surface area contributed by atoms with Gasteiger partial charge in [-0.3, -0.25) is 10.3 Å². The van der Waals surface area contributed by atoms with E-state index in [1.807, 2.05) is 30.5 Å². The van der Waals surface area contributed by atoms with Crippen molar-refractivity contribution in [2.45, 2.75) is 39.0 Å². The molecule has 0 radical (unpaired) electrons. The molecule has 6 rings (SSSR count). The second-order valence-electron chi connectivity index (χ2n) is 10.1. The largest absolute Gasteiger partial charge is 0.435 e. The van der Waals surface area contributed by atoms with Crippen LogP contribution in [0.2, 0.25) is 0 Å². The first-order valence-electron chi connectivity index (χ1n) is 13.6. The van der Waals surface area contributed by atoms with Gasteiger partial charge in [0.15, 0.2) is 5.71 Å². The van der Waals surface area contributed by atoms with Gasteiger partial charge < -0.3 is 4.57 Å². The zero-order valence-corrected chi connectivity index (χ0v) is 24.6. The summed E-state index contributed by atoms with van der Waals surface area (Å²) in [5, 5.41) is 16.5. The zero-order valence-electron chi connectivity index (χ0n) is 23.0. The summed E-state index contributed by atoms with van der Waals surface area (Å²) in [7, 11) is 0. The number of hydrazone groups is 1. The Morgan fingerprint density at radius 1 is 1.09 bits per heavy atom. The smallest absolute Gasteiger partial charge is 0.347 e. The number of aromatic nitrogens is 3. The van der Waals surface area contributed by atoms with Crippen molar-refractivity contribution in [2.75, 3.05) is 18.5 Å². The summed E-state index contributed by atoms with van der Waals surface area (Å²) >= 11 is 2.34. The Hall–Kier alpha value is -4.12. The topological polar surface area (TPSA) is 82.1 Å². The predicted octanol–water partition coefficient (Wildman–Crippen LogP) is 7.89. The Labute approximate surface area is 252 Å². The second kappa shape index (κ2) is 11.9. The van der Waals surface area contributed by atoms with E-state index in [1.54, 1.807) is 10.6 Å². The molecule has 7 nitrogen and oxygen atoms in total. The fourth-order valence-corrected chi connectivity index (χ4v) is 6.73. The van der Waals surface area contributed by atoms with Crippen molar-refractivity contribution in [2.24, 2.45) is 5.10 Å². The normalized spacial score (nSPS) is 14.5. The Kier molecular flexibility index (Phi) is 8.00. The number of fused-ring (bicyclic) bond motifs is 1. The molecule has 1 saturated heterocycles. The molecule has 220 valence electrons. The molecular formula is C30H25F4N7S2. The number of nitrogens with zero attached hydrogens (tertiary/aromatic N) is 6. The lowest BCUT2D eigenvalue weighted by atomic mass is 10.1. The maximum Gasteiger partial charge on any atom is 0.435 e. The number of hydrogen-bond acceptors (Lipinski definition) is 8. The van der Waals surface area contributed by atoms with E-state index in [-0.39, 0.29) is 21.3 Å². The fraction of sp³-hybridized carbons (Fsp3) is 0.267. The summed E-state index contributed by atoms with van der Waals surface area (Å²) in [5.74, 6) is -0.456. The van der Waals surface area contributed by atoms with E-state index in [9.17, 15) is 22.8 Å². The minimum atomic E-state index is -4.80. The molecule has 0 aliphatic carbocycles. The number of rotatable bonds is 8. The lowest BCUT2D eigenvalue weighted by Gasteiger charge is -2.11. The van der Waals surface area contributed by atoms with Crippen molar-refractivity contribution in [1.29, 1.82) is 5.26 Å². The van der Waals surface area contributed by atoms with Crippen LogP contribution in [-0.2, 0) is 13.1 Å². The highest BCUT2D eigenvalue weighted by molar-refractivity contribution is 7.16. The maximum atomic E-state index is 14.5. The molecule has 5 aromatic rings. The van der Waals surface area contributed by atoms with E-state index in [0.29, 0.717) is 23.0 Å². The van der Waals surface area contributed by atoms with E-state index in [2.05, 4.69) is 20.4 Å². The molecule has 1 N–H and O–H groups in total. The van der Waals surface area contributed by atoms with Gasteiger partial charge in [0.1, 0.15) is 27.5 Å². The van der Waals surface area contributed by atoms with E-state index in [1.165, 1.54) is 54.6 Å². The number of likely N-dealkylation sites (tertiary alicyclic amines) is 1. The minimum absolute atomic E-state index is 0.00543. The highest BCUT2D eigenvalue weighted by Gasteiger charge is 2.39. The van der Waals surface area contributed by atoms with Crippen molar-refractivity contribution in [3.8, 4) is 27.9 Å². The number of anilines is 1. The molecule has 0 saturated carbocycles. The molecule has 0 atom stereocenters. The van der Waals surface area contributed by atoms with Crippen LogP contribution in [0.5, 0.6) is 0 Å². The van der Waals surface area contributed by atoms with Crippen LogP contribution in [0.3, 0.4) is 0 Å². The molecule has 3 aromatic heterocycles. The van der Waals surface area contributed by atoms with Crippen LogP contribution in [0.4, 0.5) is 22.7 Å². The third-order valence-corrected chi connectivity index (χ3v) is 9.04. The monoisotopic (exact) mass is 623 g/mol. The summed E-state index contributed by atoms with van der Waals surface area (Å²) in [6.07, 6.45) is -0.981. The SMILES string of the molecule is CCn1cc(/C(=N/Nc2nc(-c3ccc(F)cc3)c(C#N)s2)C(F)(F)F)c2cc(-c3nc(CN4CCCC4)cs3)ccc21. The average Bonchev–Trinajstić information content (AvgIpc) is 3.80. The van der Waals surface area contributed by atoms with E-state index < -0.39 is 17.7 Å². The maximum absolute atomic E-state index is 14.5. The van der Waals surface area contributed by atoms with Gasteiger partial charge in [-0.1, -0.05) is 11.3 Å². The van der Waals surface area contributed by atoms with Gasteiger partial charge in [-0.15, -0.1) is 11.3 Å². The summed E-state index contributed by atoms with van der Waals surface area (Å²) in [6.45, 7) is 5.19. The average molecular weight is 624 g/mol. The standard InChI is InChI=1S/C30H25F4N7S2/c1-2-41-16-23(22-13-19(7-10-24(22)41)28-36-21(17-42-28)15-40-11-3-4-12-40)27(30(32,33)34)38-39-29-37-26(25(14-35)43-29)18-5-8-20(31)9-6-18/h5-10,13,16-17H,2-4,11-12,15H2,1H3,(H,37,39)/b38-27-. The molecule has 0 bridgehead atoms. The van der Waals surface area contributed by atoms with E-state index in [0.717, 1.165) is 47.2 Å². The molecular weight excluding hydrogens is 599 g/mol. The van der Waals surface area contributed by atoms with Crippen LogP contribution >= 0.6 is 22.7 Å². The van der Waals surface area contributed by atoms with Gasteiger partial charge in [0.2, 0.25) is 5.13 Å². The van der Waals surface area contributed by atoms with Crippen LogP contribution in [0, 0.1) is 17.1 Å². The van der Waals surface area contributed by atoms with Gasteiger partial charge in [-0.2, -0.15) is 23.5 Å². The molecule has 0 unspecified atom stereocenters. The highest BCUT2D eigenvalue weighted by atomic mass is 32.1. The summed E-state index contributed by atoms with van der Waals surface area (Å²) in [6, 6.07) is 12.8. The first-order valence-corrected chi connectivity index (χ1v) is 15.3. The van der Waals surface area contributed by atoms with Crippen LogP contribution in [0.1, 0.15) is 35.9 Å². The first kappa shape index (κ1) is 29.0. The van der Waals surface area contributed by atoms with Crippen molar-refractivity contribution < 1.29 is 17.6 Å². The lowest BCUT2D eigenvalue weighted by Crippen LogP contribution is -2.25. The number of hydrogen-bond donors (Lipinski definition) is 1. The van der Waals surface area contributed by atoms with Gasteiger partial charge in [0.25, 0.3) is 0 Å². The number of nitriles is 1. The summed E-state index contributed by atoms with van der Waals surface area (Å²) < 4.78 is 58.7. The number of benzene rings is 2. The van der Waals surface area contributed by atoms with Gasteiger partial charge in [0, 0.05) is 52.3 Å². The molecule has 2 aromatic carbocycles. The van der Waals surface area contributed by atoms with Gasteiger partial charge in [-0.05, 0) is 75.3 Å². The quantitative estimate of drug-likeness (QED) is 0.108. The molecule has 0 amide bonds. The van der Waals surface area contributed by atoms with Crippen molar-refractivity contribution in [1.82, 2.24) is 19.4 Å². The number of thiazole rings is 2. The first-order chi connectivity index (χ1) is 20.7. The van der Waals surface area contributed by atoms with Crippen LogP contribution < -0.4 is 5.43 Å². The Balaban J connectivity index is 1.36. The summed E-state index contributed by atoms with van der Waals surface area (Å²) in [4.78, 5) is 11.6. The van der Waals surface area contributed by atoms with Gasteiger partial charge in [-0.25, -0.2) is 14.4 Å². The lowest BCUT2D eigenvalue weighted by molar-refractivity contribution is -0.0580. The van der Waals surface area contributed by atoms with Crippen LogP contribution in [0.25, 0.3) is 32.7 Å². The molecule has 4 heterocycles. The minimum Gasteiger partial charge on any atom is -0.347 e. The molecule has 1 fully saturated rings. The van der Waals surface area contributed by atoms with Gasteiger partial charge in [0.05, 0.1) is 5.69 Å². The molecule has 43 heavy (non-hydrogen) atoms. The Bertz CT molecular complexity index is 1840. The van der Waals surface area contributed by atoms with Crippen LogP contribution in [0.15, 0.2) is 59.1 Å². The van der Waals surface area contributed by atoms with Gasteiger partial charge >= 0.3 is 6.18 Å². The molecule has 1 aliphatic rings. The molecule has 13 heteroatoms. The van der Waals surface area contributed by atoms with Crippen molar-refractivity contribution >= 4 is 44.4 Å². The fourth-order valence-electron chi connectivity index (χ4n) is 5.19. The number of nitrogens with one attached hydrogen (secondary N) is 1. The predicted molar refractivity (Wildman–Crippen MR) is 162 cm³/mol. The Morgan fingerprint density at radius 3 is 2.53 bits per heavy atom. The molecule has 0 spiro atoms. The zero-order chi connectivity index (χ0) is 30.1. The highest BCUT2D eigenvalue weighted by Crippen LogP contribution is 2.35. The summed E-state index contributed by atoms with van der Waals surface area (Å²) in [5.41, 5.74) is 4.26. The number of aryl methyl sites for hydroxylation is 1. The van der Waals surface area contributed by atoms with Crippen molar-refractivity contribution in [3.05, 3.63) is 76.0 Å². The van der Waals surface area contributed by atoms with E-state index >= 15 is 0 Å². The number of alkyl halides is 3. The van der Waals surface area contributed by atoms with Crippen LogP contribution in [-0.4, -0.2) is 44.4 Å². The third kappa shape index (κ3) is 6.04. The third-order valence-electron chi connectivity index (χ3n) is 7.24.